The van der Waals surface area contributed by atoms with Crippen LogP contribution in [0.3, 0.4) is 0 Å². The molecule has 150 valence electrons. The number of hydrazone groups is 1. The van der Waals surface area contributed by atoms with Crippen LogP contribution in [-0.4, -0.2) is 23.3 Å². The van der Waals surface area contributed by atoms with E-state index < -0.39 is 0 Å². The molecule has 2 N–H and O–H groups in total. The van der Waals surface area contributed by atoms with Crippen molar-refractivity contribution < 1.29 is 9.47 Å². The maximum absolute atomic E-state index is 11.8. The lowest BCUT2D eigenvalue weighted by atomic mass is 10.2. The number of rotatable bonds is 7. The second-order valence-corrected chi connectivity index (χ2v) is 7.16. The van der Waals surface area contributed by atoms with Crippen LogP contribution in [-0.2, 0) is 6.61 Å². The summed E-state index contributed by atoms with van der Waals surface area (Å²) in [5.74, 6) is 1.47. The summed E-state index contributed by atoms with van der Waals surface area (Å²) in [4.78, 5) is 18.7. The lowest BCUT2D eigenvalue weighted by molar-refractivity contribution is 0.282. The number of halogens is 1. The predicted molar refractivity (Wildman–Crippen MR) is 117 cm³/mol. The van der Waals surface area contributed by atoms with Gasteiger partial charge in [-0.2, -0.15) is 5.10 Å². The number of aromatic nitrogens is 2. The fourth-order valence-electron chi connectivity index (χ4n) is 2.55. The van der Waals surface area contributed by atoms with E-state index in [1.165, 1.54) is 0 Å². The molecule has 0 spiro atoms. The summed E-state index contributed by atoms with van der Waals surface area (Å²) < 4.78 is 12.1. The minimum Gasteiger partial charge on any atom is -0.493 e. The highest BCUT2D eigenvalue weighted by Gasteiger charge is 2.11. The van der Waals surface area contributed by atoms with Gasteiger partial charge < -0.3 is 9.47 Å². The molecule has 0 fully saturated rings. The van der Waals surface area contributed by atoms with Crippen LogP contribution in [0.2, 0.25) is 0 Å². The molecule has 0 bridgehead atoms. The van der Waals surface area contributed by atoms with Gasteiger partial charge in [0, 0.05) is 11.3 Å². The van der Waals surface area contributed by atoms with Gasteiger partial charge in [0.25, 0.3) is 5.56 Å². The zero-order valence-electron chi connectivity index (χ0n) is 16.3. The molecule has 0 saturated carbocycles. The monoisotopic (exact) mass is 456 g/mol. The molecule has 8 heteroatoms. The summed E-state index contributed by atoms with van der Waals surface area (Å²) in [5, 5.41) is 4.14. The van der Waals surface area contributed by atoms with E-state index in [4.69, 9.17) is 9.47 Å². The SMILES string of the molecule is COc1cc(/C=N\Nc2nc(C)c(C)c(=O)[nH]2)cc(Br)c1OCc1ccccc1. The van der Waals surface area contributed by atoms with Gasteiger partial charge in [-0.15, -0.1) is 0 Å². The van der Waals surface area contributed by atoms with Crippen LogP contribution in [0.5, 0.6) is 11.5 Å². The van der Waals surface area contributed by atoms with E-state index in [0.29, 0.717) is 29.4 Å². The van der Waals surface area contributed by atoms with Crippen molar-refractivity contribution in [2.75, 3.05) is 12.5 Å². The third-order valence-electron chi connectivity index (χ3n) is 4.26. The molecule has 0 unspecified atom stereocenters. The van der Waals surface area contributed by atoms with E-state index in [1.54, 1.807) is 27.2 Å². The van der Waals surface area contributed by atoms with E-state index in [-0.39, 0.29) is 11.5 Å². The first kappa shape index (κ1) is 20.6. The van der Waals surface area contributed by atoms with Crippen LogP contribution in [0.15, 0.2) is 56.8 Å². The van der Waals surface area contributed by atoms with Crippen LogP contribution < -0.4 is 20.5 Å². The molecule has 1 aromatic heterocycles. The second kappa shape index (κ2) is 9.38. The molecule has 3 rings (SSSR count). The highest BCUT2D eigenvalue weighted by Crippen LogP contribution is 2.36. The molecule has 0 radical (unpaired) electrons. The number of aryl methyl sites for hydroxylation is 1. The number of nitrogens with zero attached hydrogens (tertiary/aromatic N) is 2. The van der Waals surface area contributed by atoms with Gasteiger partial charge in [-0.3, -0.25) is 9.78 Å². The Morgan fingerprint density at radius 1 is 1.24 bits per heavy atom. The van der Waals surface area contributed by atoms with Crippen molar-refractivity contribution in [3.8, 4) is 11.5 Å². The highest BCUT2D eigenvalue weighted by molar-refractivity contribution is 9.10. The molecule has 1 heterocycles. The first-order valence-corrected chi connectivity index (χ1v) is 9.68. The lowest BCUT2D eigenvalue weighted by Gasteiger charge is -2.13. The number of methoxy groups -OCH3 is 1. The first-order chi connectivity index (χ1) is 14.0. The molecule has 0 aliphatic rings. The first-order valence-electron chi connectivity index (χ1n) is 8.88. The van der Waals surface area contributed by atoms with E-state index in [2.05, 4.69) is 36.4 Å². The molecule has 0 amide bonds. The summed E-state index contributed by atoms with van der Waals surface area (Å²) in [7, 11) is 1.58. The molecule has 29 heavy (non-hydrogen) atoms. The summed E-state index contributed by atoms with van der Waals surface area (Å²) in [6.45, 7) is 3.92. The smallest absolute Gasteiger partial charge is 0.255 e. The Kier molecular flexibility index (Phi) is 6.66. The molecule has 7 nitrogen and oxygen atoms in total. The van der Waals surface area contributed by atoms with Crippen molar-refractivity contribution in [3.05, 3.63) is 79.7 Å². The Hall–Kier alpha value is -3.13. The number of H-pyrrole nitrogens is 1. The van der Waals surface area contributed by atoms with Crippen LogP contribution in [0.4, 0.5) is 5.95 Å². The van der Waals surface area contributed by atoms with Gasteiger partial charge in [-0.1, -0.05) is 30.3 Å². The van der Waals surface area contributed by atoms with Crippen LogP contribution in [0.25, 0.3) is 0 Å². The number of benzene rings is 2. The minimum atomic E-state index is -0.195. The fourth-order valence-corrected chi connectivity index (χ4v) is 3.12. The summed E-state index contributed by atoms with van der Waals surface area (Å²) in [6, 6.07) is 13.6. The van der Waals surface area contributed by atoms with Crippen molar-refractivity contribution in [2.24, 2.45) is 5.10 Å². The lowest BCUT2D eigenvalue weighted by Crippen LogP contribution is -2.15. The van der Waals surface area contributed by atoms with Gasteiger partial charge in [0.05, 0.1) is 17.8 Å². The van der Waals surface area contributed by atoms with Gasteiger partial charge >= 0.3 is 0 Å². The number of ether oxygens (including phenoxy) is 2. The van der Waals surface area contributed by atoms with Gasteiger partial charge in [0.15, 0.2) is 11.5 Å². The molecule has 0 aliphatic carbocycles. The number of aromatic amines is 1. The fraction of sp³-hybridized carbons (Fsp3) is 0.190. The Labute approximate surface area is 176 Å². The maximum Gasteiger partial charge on any atom is 0.255 e. The van der Waals surface area contributed by atoms with E-state index in [1.807, 2.05) is 42.5 Å². The maximum atomic E-state index is 11.8. The van der Waals surface area contributed by atoms with Crippen molar-refractivity contribution in [2.45, 2.75) is 20.5 Å². The molecule has 3 aromatic rings. The topological polar surface area (TPSA) is 88.6 Å². The highest BCUT2D eigenvalue weighted by atomic mass is 79.9. The Bertz CT molecular complexity index is 1080. The van der Waals surface area contributed by atoms with Crippen molar-refractivity contribution in [1.29, 1.82) is 0 Å². The van der Waals surface area contributed by atoms with Gasteiger partial charge in [0.2, 0.25) is 5.95 Å². The molecular weight excluding hydrogens is 436 g/mol. The third-order valence-corrected chi connectivity index (χ3v) is 4.85. The molecule has 2 aromatic carbocycles. The third kappa shape index (κ3) is 5.23. The van der Waals surface area contributed by atoms with Crippen LogP contribution in [0.1, 0.15) is 22.4 Å². The average Bonchev–Trinajstić information content (AvgIpc) is 2.71. The number of hydrogen-bond donors (Lipinski definition) is 2. The van der Waals surface area contributed by atoms with Gasteiger partial charge in [-0.25, -0.2) is 10.4 Å². The number of hydrogen-bond acceptors (Lipinski definition) is 6. The Morgan fingerprint density at radius 3 is 2.69 bits per heavy atom. The Morgan fingerprint density at radius 2 is 2.00 bits per heavy atom. The summed E-state index contributed by atoms with van der Waals surface area (Å²) in [5.41, 5.74) is 5.61. The van der Waals surface area contributed by atoms with E-state index in [9.17, 15) is 4.79 Å². The summed E-state index contributed by atoms with van der Waals surface area (Å²) >= 11 is 3.53. The van der Waals surface area contributed by atoms with Crippen molar-refractivity contribution in [3.63, 3.8) is 0 Å². The van der Waals surface area contributed by atoms with Crippen molar-refractivity contribution >= 4 is 28.1 Å². The standard InChI is InChI=1S/C21H21BrN4O3/c1-13-14(2)24-21(25-20(13)27)26-23-11-16-9-17(22)19(18(10-16)28-3)29-12-15-7-5-4-6-8-15/h4-11H,12H2,1-3H3,(H2,24,25,26,27)/b23-11-. The predicted octanol–water partition coefficient (Wildman–Crippen LogP) is 4.18. The van der Waals surface area contributed by atoms with Gasteiger partial charge in [0.1, 0.15) is 6.61 Å². The van der Waals surface area contributed by atoms with Crippen LogP contribution >= 0.6 is 15.9 Å². The van der Waals surface area contributed by atoms with Gasteiger partial charge in [-0.05, 0) is 53.0 Å². The minimum absolute atomic E-state index is 0.195. The average molecular weight is 457 g/mol. The zero-order valence-corrected chi connectivity index (χ0v) is 17.9. The number of anilines is 1. The summed E-state index contributed by atoms with van der Waals surface area (Å²) in [6.07, 6.45) is 1.60. The van der Waals surface area contributed by atoms with E-state index in [0.717, 1.165) is 15.6 Å². The second-order valence-electron chi connectivity index (χ2n) is 6.30. The van der Waals surface area contributed by atoms with Crippen molar-refractivity contribution in [1.82, 2.24) is 9.97 Å². The molecule has 0 atom stereocenters. The largest absolute Gasteiger partial charge is 0.493 e. The van der Waals surface area contributed by atoms with E-state index >= 15 is 0 Å². The quantitative estimate of drug-likeness (QED) is 0.411. The zero-order chi connectivity index (χ0) is 20.8. The molecular formula is C21H21BrN4O3. The van der Waals surface area contributed by atoms with Crippen LogP contribution in [0, 0.1) is 13.8 Å². The molecule has 0 saturated heterocycles. The normalized spacial score (nSPS) is 10.9. The number of nitrogens with one attached hydrogen (secondary N) is 2. The Balaban J connectivity index is 1.74. The molecule has 0 aliphatic heterocycles.